The Morgan fingerprint density at radius 3 is 2.62 bits per heavy atom. The van der Waals surface area contributed by atoms with Crippen LogP contribution in [0.1, 0.15) is 40.0 Å². The van der Waals surface area contributed by atoms with Gasteiger partial charge in [-0.05, 0) is 18.8 Å². The molecule has 2 heteroatoms. The number of ether oxygens (including phenoxy) is 1. The molecule has 0 N–H and O–H groups in total. The summed E-state index contributed by atoms with van der Waals surface area (Å²) in [5.74, 6) is 0.304. The molecular formula is C11H20O2. The first-order valence-electron chi connectivity index (χ1n) is 4.97. The minimum atomic E-state index is -0.0834. The molecule has 0 saturated heterocycles. The summed E-state index contributed by atoms with van der Waals surface area (Å²) in [7, 11) is 0. The van der Waals surface area contributed by atoms with E-state index in [-0.39, 0.29) is 5.97 Å². The van der Waals surface area contributed by atoms with Gasteiger partial charge in [0.15, 0.2) is 0 Å². The molecule has 0 aromatic rings. The van der Waals surface area contributed by atoms with Crippen LogP contribution >= 0.6 is 0 Å². The smallest absolute Gasteiger partial charge is 0.306 e. The van der Waals surface area contributed by atoms with Crippen molar-refractivity contribution in [1.29, 1.82) is 0 Å². The fourth-order valence-electron chi connectivity index (χ4n) is 0.918. The zero-order valence-corrected chi connectivity index (χ0v) is 8.88. The number of esters is 1. The van der Waals surface area contributed by atoms with Gasteiger partial charge in [-0.1, -0.05) is 32.9 Å². The van der Waals surface area contributed by atoms with Gasteiger partial charge in [-0.15, -0.1) is 0 Å². The van der Waals surface area contributed by atoms with Gasteiger partial charge < -0.3 is 4.74 Å². The summed E-state index contributed by atoms with van der Waals surface area (Å²) in [6.45, 7) is 6.62. The summed E-state index contributed by atoms with van der Waals surface area (Å²) in [6.07, 6.45) is 6.52. The predicted molar refractivity (Wildman–Crippen MR) is 54.5 cm³/mol. The molecule has 0 heterocycles. The molecule has 0 fully saturated rings. The van der Waals surface area contributed by atoms with Gasteiger partial charge in [0, 0.05) is 6.42 Å². The third-order valence-electron chi connectivity index (χ3n) is 1.52. The third kappa shape index (κ3) is 9.12. The van der Waals surface area contributed by atoms with E-state index in [9.17, 15) is 4.79 Å². The van der Waals surface area contributed by atoms with Gasteiger partial charge in [0.2, 0.25) is 0 Å². The summed E-state index contributed by atoms with van der Waals surface area (Å²) >= 11 is 0. The van der Waals surface area contributed by atoms with Crippen LogP contribution in [0.25, 0.3) is 0 Å². The fraction of sp³-hybridized carbons (Fsp3) is 0.727. The van der Waals surface area contributed by atoms with Crippen LogP contribution in [-0.4, -0.2) is 12.6 Å². The van der Waals surface area contributed by atoms with E-state index in [0.29, 0.717) is 18.9 Å². The molecule has 0 amide bonds. The second-order valence-corrected chi connectivity index (χ2v) is 3.49. The lowest BCUT2D eigenvalue weighted by molar-refractivity contribution is -0.144. The second kappa shape index (κ2) is 7.84. The lowest BCUT2D eigenvalue weighted by atomic mass is 10.1. The molecule has 76 valence electrons. The highest BCUT2D eigenvalue weighted by Gasteiger charge is 2.04. The maximum absolute atomic E-state index is 11.0. The molecule has 0 aliphatic carbocycles. The van der Waals surface area contributed by atoms with Crippen LogP contribution in [0.3, 0.4) is 0 Å². The normalized spacial score (nSPS) is 11.1. The summed E-state index contributed by atoms with van der Waals surface area (Å²) < 4.78 is 5.01. The molecule has 0 saturated carbocycles. The molecule has 0 unspecified atom stereocenters. The van der Waals surface area contributed by atoms with Crippen molar-refractivity contribution in [3.63, 3.8) is 0 Å². The molecule has 0 rings (SSSR count). The minimum Gasteiger partial charge on any atom is -0.465 e. The number of carbonyl (C=O) groups excluding carboxylic acids is 1. The molecule has 0 bridgehead atoms. The van der Waals surface area contributed by atoms with E-state index in [1.807, 2.05) is 19.9 Å². The quantitative estimate of drug-likeness (QED) is 0.360. The van der Waals surface area contributed by atoms with E-state index in [1.165, 1.54) is 0 Å². The van der Waals surface area contributed by atoms with Gasteiger partial charge in [0.05, 0.1) is 6.61 Å². The Morgan fingerprint density at radius 1 is 1.38 bits per heavy atom. The second-order valence-electron chi connectivity index (χ2n) is 3.49. The number of rotatable bonds is 6. The molecule has 0 aliphatic rings. The minimum absolute atomic E-state index is 0.0834. The van der Waals surface area contributed by atoms with Crippen molar-refractivity contribution in [2.24, 2.45) is 5.92 Å². The van der Waals surface area contributed by atoms with Crippen LogP contribution in [0.15, 0.2) is 12.2 Å². The summed E-state index contributed by atoms with van der Waals surface area (Å²) in [4.78, 5) is 11.0. The van der Waals surface area contributed by atoms with Crippen molar-refractivity contribution >= 4 is 5.97 Å². The molecule has 0 radical (unpaired) electrons. The standard InChI is InChI=1S/C11H20O2/c1-4-5-6-7-8-13-11(12)9-10(2)3/h5-6,10H,4,7-9H2,1-3H3/b6-5-. The van der Waals surface area contributed by atoms with Gasteiger partial charge in [0.1, 0.15) is 0 Å². The Kier molecular flexibility index (Phi) is 7.36. The van der Waals surface area contributed by atoms with Crippen LogP contribution in [-0.2, 0) is 9.53 Å². The first kappa shape index (κ1) is 12.2. The van der Waals surface area contributed by atoms with Gasteiger partial charge in [0.25, 0.3) is 0 Å². The van der Waals surface area contributed by atoms with Crippen LogP contribution in [0.4, 0.5) is 0 Å². The van der Waals surface area contributed by atoms with Crippen molar-refractivity contribution in [2.75, 3.05) is 6.61 Å². The third-order valence-corrected chi connectivity index (χ3v) is 1.52. The van der Waals surface area contributed by atoms with Crippen molar-refractivity contribution < 1.29 is 9.53 Å². The van der Waals surface area contributed by atoms with Crippen LogP contribution in [0.2, 0.25) is 0 Å². The van der Waals surface area contributed by atoms with E-state index in [2.05, 4.69) is 13.0 Å². The van der Waals surface area contributed by atoms with Gasteiger partial charge in [-0.2, -0.15) is 0 Å². The van der Waals surface area contributed by atoms with E-state index in [4.69, 9.17) is 4.74 Å². The van der Waals surface area contributed by atoms with Crippen LogP contribution in [0.5, 0.6) is 0 Å². The molecule has 0 spiro atoms. The maximum Gasteiger partial charge on any atom is 0.306 e. The van der Waals surface area contributed by atoms with Gasteiger partial charge >= 0.3 is 5.97 Å². The van der Waals surface area contributed by atoms with Crippen molar-refractivity contribution in [3.8, 4) is 0 Å². The number of allylic oxidation sites excluding steroid dienone is 1. The Morgan fingerprint density at radius 2 is 2.08 bits per heavy atom. The zero-order chi connectivity index (χ0) is 10.1. The first-order valence-corrected chi connectivity index (χ1v) is 4.97. The topological polar surface area (TPSA) is 26.3 Å². The zero-order valence-electron chi connectivity index (χ0n) is 8.88. The first-order chi connectivity index (χ1) is 6.16. The number of carbonyl (C=O) groups is 1. The Labute approximate surface area is 81.0 Å². The maximum atomic E-state index is 11.0. The Balaban J connectivity index is 3.32. The summed E-state index contributed by atoms with van der Waals surface area (Å²) in [5, 5.41) is 0. The molecule has 0 atom stereocenters. The number of hydrogen-bond acceptors (Lipinski definition) is 2. The molecule has 0 aromatic heterocycles. The van der Waals surface area contributed by atoms with Gasteiger partial charge in [-0.3, -0.25) is 4.79 Å². The van der Waals surface area contributed by atoms with Crippen molar-refractivity contribution in [2.45, 2.75) is 40.0 Å². The van der Waals surface area contributed by atoms with E-state index in [1.54, 1.807) is 0 Å². The highest BCUT2D eigenvalue weighted by Crippen LogP contribution is 2.01. The molecular weight excluding hydrogens is 164 g/mol. The molecule has 0 aliphatic heterocycles. The Bertz CT molecular complexity index is 159. The molecule has 2 nitrogen and oxygen atoms in total. The number of hydrogen-bond donors (Lipinski definition) is 0. The monoisotopic (exact) mass is 184 g/mol. The molecule has 13 heavy (non-hydrogen) atoms. The average molecular weight is 184 g/mol. The predicted octanol–water partition coefficient (Wildman–Crippen LogP) is 2.93. The van der Waals surface area contributed by atoms with Crippen molar-refractivity contribution in [1.82, 2.24) is 0 Å². The van der Waals surface area contributed by atoms with E-state index < -0.39 is 0 Å². The fourth-order valence-corrected chi connectivity index (χ4v) is 0.918. The lowest BCUT2D eigenvalue weighted by Crippen LogP contribution is -2.08. The van der Waals surface area contributed by atoms with Crippen molar-refractivity contribution in [3.05, 3.63) is 12.2 Å². The lowest BCUT2D eigenvalue weighted by Gasteiger charge is -2.04. The highest BCUT2D eigenvalue weighted by atomic mass is 16.5. The van der Waals surface area contributed by atoms with Gasteiger partial charge in [-0.25, -0.2) is 0 Å². The summed E-state index contributed by atoms with van der Waals surface area (Å²) in [6, 6.07) is 0. The SMILES string of the molecule is CC/C=C\CCOC(=O)CC(C)C. The largest absolute Gasteiger partial charge is 0.465 e. The Hall–Kier alpha value is -0.790. The molecule has 0 aromatic carbocycles. The van der Waals surface area contributed by atoms with E-state index >= 15 is 0 Å². The summed E-state index contributed by atoms with van der Waals surface area (Å²) in [5.41, 5.74) is 0. The average Bonchev–Trinajstić information content (AvgIpc) is 2.02. The van der Waals surface area contributed by atoms with Crippen LogP contribution in [0, 0.1) is 5.92 Å². The van der Waals surface area contributed by atoms with Crippen LogP contribution < -0.4 is 0 Å². The van der Waals surface area contributed by atoms with E-state index in [0.717, 1.165) is 12.8 Å². The highest BCUT2D eigenvalue weighted by molar-refractivity contribution is 5.69.